The fourth-order valence-corrected chi connectivity index (χ4v) is 2.73. The zero-order chi connectivity index (χ0) is 14.8. The standard InChI is InChI=1S/C15H17BrN2OS/c1-15(2,3)10-5-7-11(8-6-10)20-14-17-9-12(16)13(18-14)19-4/h5-9H,1-4H3. The molecule has 0 radical (unpaired) electrons. The maximum atomic E-state index is 5.18. The highest BCUT2D eigenvalue weighted by atomic mass is 79.9. The third-order valence-electron chi connectivity index (χ3n) is 2.81. The monoisotopic (exact) mass is 352 g/mol. The predicted octanol–water partition coefficient (Wildman–Crippen LogP) is 4.70. The van der Waals surface area contributed by atoms with Crippen molar-refractivity contribution in [2.75, 3.05) is 7.11 Å². The summed E-state index contributed by atoms with van der Waals surface area (Å²) >= 11 is 4.87. The molecule has 2 aromatic rings. The van der Waals surface area contributed by atoms with Gasteiger partial charge in [0.25, 0.3) is 0 Å². The second-order valence-corrected chi connectivity index (χ2v) is 7.28. The van der Waals surface area contributed by atoms with Crippen molar-refractivity contribution < 1.29 is 4.74 Å². The van der Waals surface area contributed by atoms with Crippen molar-refractivity contribution in [3.8, 4) is 5.88 Å². The van der Waals surface area contributed by atoms with Gasteiger partial charge in [-0.25, -0.2) is 4.98 Å². The molecule has 3 nitrogen and oxygen atoms in total. The van der Waals surface area contributed by atoms with Gasteiger partial charge in [0.2, 0.25) is 5.88 Å². The SMILES string of the molecule is COc1nc(Sc2ccc(C(C)(C)C)cc2)ncc1Br. The Morgan fingerprint density at radius 1 is 1.15 bits per heavy atom. The normalized spacial score (nSPS) is 11.4. The molecule has 2 rings (SSSR count). The van der Waals surface area contributed by atoms with E-state index in [1.807, 2.05) is 0 Å². The van der Waals surface area contributed by atoms with Crippen LogP contribution < -0.4 is 4.74 Å². The Labute approximate surface area is 132 Å². The number of benzene rings is 1. The molecule has 0 aliphatic rings. The number of ether oxygens (including phenoxy) is 1. The van der Waals surface area contributed by atoms with E-state index >= 15 is 0 Å². The van der Waals surface area contributed by atoms with E-state index in [0.717, 1.165) is 9.37 Å². The maximum absolute atomic E-state index is 5.18. The first-order valence-corrected chi connectivity index (χ1v) is 7.86. The Morgan fingerprint density at radius 2 is 1.80 bits per heavy atom. The van der Waals surface area contributed by atoms with Crippen LogP contribution in [-0.2, 0) is 5.41 Å². The van der Waals surface area contributed by atoms with Crippen LogP contribution in [-0.4, -0.2) is 17.1 Å². The van der Waals surface area contributed by atoms with Crippen molar-refractivity contribution in [1.82, 2.24) is 9.97 Å². The number of hydrogen-bond acceptors (Lipinski definition) is 4. The lowest BCUT2D eigenvalue weighted by Gasteiger charge is -2.18. The molecular formula is C15H17BrN2OS. The van der Waals surface area contributed by atoms with Gasteiger partial charge in [0, 0.05) is 11.1 Å². The van der Waals surface area contributed by atoms with Gasteiger partial charge in [0.05, 0.1) is 11.6 Å². The Bertz CT molecular complexity index is 594. The van der Waals surface area contributed by atoms with E-state index in [0.29, 0.717) is 11.0 Å². The Morgan fingerprint density at radius 3 is 2.35 bits per heavy atom. The number of rotatable bonds is 3. The van der Waals surface area contributed by atoms with E-state index in [-0.39, 0.29) is 5.41 Å². The quantitative estimate of drug-likeness (QED) is 0.750. The van der Waals surface area contributed by atoms with Crippen LogP contribution in [0.25, 0.3) is 0 Å². The van der Waals surface area contributed by atoms with E-state index in [2.05, 4.69) is 70.9 Å². The van der Waals surface area contributed by atoms with Crippen molar-refractivity contribution in [1.29, 1.82) is 0 Å². The number of methoxy groups -OCH3 is 1. The van der Waals surface area contributed by atoms with Gasteiger partial charge in [0.1, 0.15) is 0 Å². The first kappa shape index (κ1) is 15.3. The molecule has 0 atom stereocenters. The van der Waals surface area contributed by atoms with Crippen LogP contribution in [0.3, 0.4) is 0 Å². The third-order valence-corrected chi connectivity index (χ3v) is 4.24. The number of halogens is 1. The average molecular weight is 353 g/mol. The highest BCUT2D eigenvalue weighted by molar-refractivity contribution is 9.10. The molecule has 0 N–H and O–H groups in total. The minimum atomic E-state index is 0.167. The van der Waals surface area contributed by atoms with E-state index in [1.165, 1.54) is 17.3 Å². The first-order chi connectivity index (χ1) is 9.40. The summed E-state index contributed by atoms with van der Waals surface area (Å²) in [5.74, 6) is 0.550. The van der Waals surface area contributed by atoms with E-state index in [1.54, 1.807) is 13.3 Å². The molecular weight excluding hydrogens is 336 g/mol. The molecule has 1 heterocycles. The van der Waals surface area contributed by atoms with Crippen molar-refractivity contribution in [2.24, 2.45) is 0 Å². The van der Waals surface area contributed by atoms with Gasteiger partial charge in [-0.15, -0.1) is 0 Å². The topological polar surface area (TPSA) is 35.0 Å². The molecule has 0 unspecified atom stereocenters. The minimum absolute atomic E-state index is 0.167. The number of hydrogen-bond donors (Lipinski definition) is 0. The number of aromatic nitrogens is 2. The fraction of sp³-hybridized carbons (Fsp3) is 0.333. The average Bonchev–Trinajstić information content (AvgIpc) is 2.40. The van der Waals surface area contributed by atoms with Crippen molar-refractivity contribution >= 4 is 27.7 Å². The van der Waals surface area contributed by atoms with Gasteiger partial charge in [-0.3, -0.25) is 0 Å². The molecule has 0 spiro atoms. The molecule has 5 heteroatoms. The van der Waals surface area contributed by atoms with Crippen LogP contribution in [0.2, 0.25) is 0 Å². The molecule has 1 aromatic carbocycles. The Kier molecular flexibility index (Phi) is 4.70. The van der Waals surface area contributed by atoms with Gasteiger partial charge >= 0.3 is 0 Å². The lowest BCUT2D eigenvalue weighted by atomic mass is 9.87. The van der Waals surface area contributed by atoms with Gasteiger partial charge in [-0.2, -0.15) is 4.98 Å². The summed E-state index contributed by atoms with van der Waals surface area (Å²) in [4.78, 5) is 9.73. The van der Waals surface area contributed by atoms with Crippen molar-refractivity contribution in [3.05, 3.63) is 40.5 Å². The molecule has 0 amide bonds. The van der Waals surface area contributed by atoms with Crippen LogP contribution in [0.5, 0.6) is 5.88 Å². The zero-order valence-electron chi connectivity index (χ0n) is 12.0. The highest BCUT2D eigenvalue weighted by Crippen LogP contribution is 2.30. The second-order valence-electron chi connectivity index (χ2n) is 5.39. The Hall–Kier alpha value is -1.07. The molecule has 0 fully saturated rings. The second kappa shape index (κ2) is 6.14. The first-order valence-electron chi connectivity index (χ1n) is 6.25. The molecule has 106 valence electrons. The Balaban J connectivity index is 2.18. The van der Waals surface area contributed by atoms with E-state index in [4.69, 9.17) is 4.74 Å². The van der Waals surface area contributed by atoms with Gasteiger partial charge in [0.15, 0.2) is 5.16 Å². The summed E-state index contributed by atoms with van der Waals surface area (Å²) in [6.07, 6.45) is 1.71. The van der Waals surface area contributed by atoms with Crippen LogP contribution in [0.1, 0.15) is 26.3 Å². The van der Waals surface area contributed by atoms with E-state index in [9.17, 15) is 0 Å². The van der Waals surface area contributed by atoms with Crippen molar-refractivity contribution in [2.45, 2.75) is 36.2 Å². The molecule has 0 aliphatic carbocycles. The third kappa shape index (κ3) is 3.73. The summed E-state index contributed by atoms with van der Waals surface area (Å²) in [6.45, 7) is 6.62. The highest BCUT2D eigenvalue weighted by Gasteiger charge is 2.13. The summed E-state index contributed by atoms with van der Waals surface area (Å²) in [5, 5.41) is 0.675. The van der Waals surface area contributed by atoms with E-state index < -0.39 is 0 Å². The van der Waals surface area contributed by atoms with Gasteiger partial charge in [-0.1, -0.05) is 32.9 Å². The fourth-order valence-electron chi connectivity index (χ4n) is 1.66. The maximum Gasteiger partial charge on any atom is 0.231 e. The molecule has 0 bridgehead atoms. The zero-order valence-corrected chi connectivity index (χ0v) is 14.4. The van der Waals surface area contributed by atoms with Gasteiger partial charge < -0.3 is 4.74 Å². The summed E-state index contributed by atoms with van der Waals surface area (Å²) in [5.41, 5.74) is 1.48. The molecule has 0 aliphatic heterocycles. The predicted molar refractivity (Wildman–Crippen MR) is 85.5 cm³/mol. The number of nitrogens with zero attached hydrogens (tertiary/aromatic N) is 2. The summed E-state index contributed by atoms with van der Waals surface area (Å²) in [7, 11) is 1.60. The molecule has 0 saturated heterocycles. The van der Waals surface area contributed by atoms with Crippen LogP contribution in [0.15, 0.2) is 45.0 Å². The summed E-state index contributed by atoms with van der Waals surface area (Å²) < 4.78 is 5.93. The smallest absolute Gasteiger partial charge is 0.231 e. The molecule has 20 heavy (non-hydrogen) atoms. The largest absolute Gasteiger partial charge is 0.480 e. The van der Waals surface area contributed by atoms with Crippen LogP contribution in [0.4, 0.5) is 0 Å². The van der Waals surface area contributed by atoms with Crippen LogP contribution in [0, 0.1) is 0 Å². The molecule has 0 saturated carbocycles. The summed E-state index contributed by atoms with van der Waals surface area (Å²) in [6, 6.07) is 8.50. The lowest BCUT2D eigenvalue weighted by Crippen LogP contribution is -2.10. The lowest BCUT2D eigenvalue weighted by molar-refractivity contribution is 0.389. The van der Waals surface area contributed by atoms with Crippen molar-refractivity contribution in [3.63, 3.8) is 0 Å². The van der Waals surface area contributed by atoms with Crippen LogP contribution >= 0.6 is 27.7 Å². The minimum Gasteiger partial charge on any atom is -0.480 e. The molecule has 1 aromatic heterocycles. The van der Waals surface area contributed by atoms with Gasteiger partial charge in [-0.05, 0) is 50.8 Å².